The van der Waals surface area contributed by atoms with E-state index in [0.717, 1.165) is 25.9 Å². The van der Waals surface area contributed by atoms with Crippen LogP contribution in [0.2, 0.25) is 0 Å². The van der Waals surface area contributed by atoms with Gasteiger partial charge in [-0.15, -0.1) is 0 Å². The maximum Gasteiger partial charge on any atom is 0.252 e. The standard InChI is InChI=1S/C9H14N4O/c10-7-4-9(14)13-8(12-7)3-6-1-2-11-5-6/h4,6,11H,1-3,5H2,(H3,10,12,13,14). The highest BCUT2D eigenvalue weighted by Crippen LogP contribution is 2.11. The summed E-state index contributed by atoms with van der Waals surface area (Å²) in [5.74, 6) is 1.57. The highest BCUT2D eigenvalue weighted by molar-refractivity contribution is 5.25. The molecule has 1 aliphatic rings. The molecule has 1 atom stereocenters. The van der Waals surface area contributed by atoms with Gasteiger partial charge in [0.1, 0.15) is 11.6 Å². The Bertz CT molecular complexity index is 367. The molecule has 1 aromatic rings. The van der Waals surface area contributed by atoms with E-state index in [2.05, 4.69) is 15.3 Å². The van der Waals surface area contributed by atoms with Crippen molar-refractivity contribution in [3.05, 3.63) is 22.2 Å². The van der Waals surface area contributed by atoms with Gasteiger partial charge in [0, 0.05) is 12.5 Å². The maximum atomic E-state index is 11.1. The number of nitrogens with one attached hydrogen (secondary N) is 2. The first-order valence-electron chi connectivity index (χ1n) is 4.80. The summed E-state index contributed by atoms with van der Waals surface area (Å²) in [6, 6.07) is 1.30. The molecule has 1 unspecified atom stereocenters. The van der Waals surface area contributed by atoms with Crippen LogP contribution in [0.1, 0.15) is 12.2 Å². The Hall–Kier alpha value is -1.36. The van der Waals surface area contributed by atoms with Crippen LogP contribution in [0.25, 0.3) is 0 Å². The topological polar surface area (TPSA) is 83.8 Å². The van der Waals surface area contributed by atoms with Crippen LogP contribution in [0.3, 0.4) is 0 Å². The quantitative estimate of drug-likeness (QED) is 0.593. The van der Waals surface area contributed by atoms with Crippen molar-refractivity contribution in [1.29, 1.82) is 0 Å². The first-order valence-corrected chi connectivity index (χ1v) is 4.80. The Morgan fingerprint density at radius 3 is 3.14 bits per heavy atom. The molecule has 5 heteroatoms. The minimum absolute atomic E-state index is 0.168. The van der Waals surface area contributed by atoms with E-state index < -0.39 is 0 Å². The fourth-order valence-electron chi connectivity index (χ4n) is 1.79. The minimum atomic E-state index is -0.168. The SMILES string of the molecule is Nc1cc(=O)[nH]c(CC2CCNC2)n1. The molecule has 2 rings (SSSR count). The Kier molecular flexibility index (Phi) is 2.49. The molecule has 1 aromatic heterocycles. The number of hydrogen-bond donors (Lipinski definition) is 3. The zero-order valence-corrected chi connectivity index (χ0v) is 7.92. The van der Waals surface area contributed by atoms with Gasteiger partial charge in [-0.25, -0.2) is 4.98 Å². The first-order chi connectivity index (χ1) is 6.74. The van der Waals surface area contributed by atoms with Gasteiger partial charge in [0.2, 0.25) is 0 Å². The van der Waals surface area contributed by atoms with Crippen molar-refractivity contribution in [3.8, 4) is 0 Å². The van der Waals surface area contributed by atoms with E-state index in [1.807, 2.05) is 0 Å². The number of nitrogens with zero attached hydrogens (tertiary/aromatic N) is 1. The van der Waals surface area contributed by atoms with Crippen LogP contribution in [0.15, 0.2) is 10.9 Å². The van der Waals surface area contributed by atoms with Crippen LogP contribution in [-0.4, -0.2) is 23.1 Å². The van der Waals surface area contributed by atoms with Gasteiger partial charge in [-0.2, -0.15) is 0 Å². The van der Waals surface area contributed by atoms with Crippen LogP contribution in [0.5, 0.6) is 0 Å². The molecule has 1 saturated heterocycles. The molecule has 0 amide bonds. The van der Waals surface area contributed by atoms with Crippen molar-refractivity contribution in [2.75, 3.05) is 18.8 Å². The molecule has 0 spiro atoms. The van der Waals surface area contributed by atoms with Crippen LogP contribution >= 0.6 is 0 Å². The second kappa shape index (κ2) is 3.79. The predicted octanol–water partition coefficient (Wildman–Crippen LogP) is -0.496. The Labute approximate surface area is 81.7 Å². The molecule has 2 heterocycles. The summed E-state index contributed by atoms with van der Waals surface area (Å²) >= 11 is 0. The van der Waals surface area contributed by atoms with Crippen LogP contribution in [0.4, 0.5) is 5.82 Å². The van der Waals surface area contributed by atoms with Gasteiger partial charge in [0.15, 0.2) is 0 Å². The van der Waals surface area contributed by atoms with Gasteiger partial charge in [0.05, 0.1) is 0 Å². The number of rotatable bonds is 2. The molecule has 4 N–H and O–H groups in total. The number of aromatic nitrogens is 2. The number of aromatic amines is 1. The van der Waals surface area contributed by atoms with Crippen LogP contribution in [-0.2, 0) is 6.42 Å². The zero-order valence-electron chi connectivity index (χ0n) is 7.92. The molecule has 0 radical (unpaired) electrons. The van der Waals surface area contributed by atoms with Gasteiger partial charge in [-0.05, 0) is 25.4 Å². The highest BCUT2D eigenvalue weighted by Gasteiger charge is 2.15. The lowest BCUT2D eigenvalue weighted by Crippen LogP contribution is -2.17. The summed E-state index contributed by atoms with van der Waals surface area (Å²) < 4.78 is 0. The fourth-order valence-corrected chi connectivity index (χ4v) is 1.79. The molecule has 76 valence electrons. The van der Waals surface area contributed by atoms with Crippen LogP contribution < -0.4 is 16.6 Å². The van der Waals surface area contributed by atoms with E-state index in [9.17, 15) is 4.79 Å². The van der Waals surface area contributed by atoms with Gasteiger partial charge < -0.3 is 16.0 Å². The summed E-state index contributed by atoms with van der Waals surface area (Å²) in [6.07, 6.45) is 1.94. The van der Waals surface area contributed by atoms with Crippen molar-refractivity contribution in [3.63, 3.8) is 0 Å². The summed E-state index contributed by atoms with van der Waals surface area (Å²) in [4.78, 5) is 17.9. The van der Waals surface area contributed by atoms with Crippen LogP contribution in [0, 0.1) is 5.92 Å². The van der Waals surface area contributed by atoms with E-state index in [4.69, 9.17) is 5.73 Å². The summed E-state index contributed by atoms with van der Waals surface area (Å²) in [7, 11) is 0. The zero-order chi connectivity index (χ0) is 9.97. The van der Waals surface area contributed by atoms with Crippen molar-refractivity contribution < 1.29 is 0 Å². The van der Waals surface area contributed by atoms with E-state index in [0.29, 0.717) is 17.6 Å². The lowest BCUT2D eigenvalue weighted by Gasteiger charge is -2.06. The van der Waals surface area contributed by atoms with E-state index in [1.165, 1.54) is 6.07 Å². The Morgan fingerprint density at radius 2 is 2.50 bits per heavy atom. The molecule has 5 nitrogen and oxygen atoms in total. The minimum Gasteiger partial charge on any atom is -0.383 e. The van der Waals surface area contributed by atoms with Gasteiger partial charge in [-0.3, -0.25) is 4.79 Å². The maximum absolute atomic E-state index is 11.1. The third kappa shape index (κ3) is 2.11. The second-order valence-electron chi connectivity index (χ2n) is 3.68. The summed E-state index contributed by atoms with van der Waals surface area (Å²) in [6.45, 7) is 2.05. The number of hydrogen-bond acceptors (Lipinski definition) is 4. The smallest absolute Gasteiger partial charge is 0.252 e. The largest absolute Gasteiger partial charge is 0.383 e. The molecule has 0 bridgehead atoms. The van der Waals surface area contributed by atoms with E-state index in [-0.39, 0.29) is 5.56 Å². The number of nitrogen functional groups attached to an aromatic ring is 1. The molecule has 0 aliphatic carbocycles. The first kappa shape index (κ1) is 9.21. The third-order valence-corrected chi connectivity index (χ3v) is 2.45. The van der Waals surface area contributed by atoms with Crippen molar-refractivity contribution >= 4 is 5.82 Å². The summed E-state index contributed by atoms with van der Waals surface area (Å²) in [5.41, 5.74) is 5.32. The molecule has 1 fully saturated rings. The molecule has 14 heavy (non-hydrogen) atoms. The van der Waals surface area contributed by atoms with Gasteiger partial charge in [0.25, 0.3) is 5.56 Å². The molecular weight excluding hydrogens is 180 g/mol. The molecule has 0 saturated carbocycles. The number of nitrogens with two attached hydrogens (primary N) is 1. The Morgan fingerprint density at radius 1 is 1.64 bits per heavy atom. The van der Waals surface area contributed by atoms with E-state index in [1.54, 1.807) is 0 Å². The highest BCUT2D eigenvalue weighted by atomic mass is 16.1. The fraction of sp³-hybridized carbons (Fsp3) is 0.556. The number of anilines is 1. The number of H-pyrrole nitrogens is 1. The molecule has 0 aromatic carbocycles. The van der Waals surface area contributed by atoms with Crippen molar-refractivity contribution in [2.45, 2.75) is 12.8 Å². The molecule has 1 aliphatic heterocycles. The second-order valence-corrected chi connectivity index (χ2v) is 3.68. The monoisotopic (exact) mass is 194 g/mol. The third-order valence-electron chi connectivity index (χ3n) is 2.45. The van der Waals surface area contributed by atoms with Crippen molar-refractivity contribution in [2.24, 2.45) is 5.92 Å². The van der Waals surface area contributed by atoms with E-state index >= 15 is 0 Å². The molecular formula is C9H14N4O. The van der Waals surface area contributed by atoms with Crippen molar-refractivity contribution in [1.82, 2.24) is 15.3 Å². The predicted molar refractivity (Wildman–Crippen MR) is 54.0 cm³/mol. The normalized spacial score (nSPS) is 21.3. The summed E-state index contributed by atoms with van der Waals surface area (Å²) in [5, 5.41) is 3.27. The average Bonchev–Trinajstić information content (AvgIpc) is 2.54. The Balaban J connectivity index is 2.11. The average molecular weight is 194 g/mol. The van der Waals surface area contributed by atoms with Gasteiger partial charge >= 0.3 is 0 Å². The lowest BCUT2D eigenvalue weighted by molar-refractivity contribution is 0.561. The van der Waals surface area contributed by atoms with Gasteiger partial charge in [-0.1, -0.05) is 0 Å². The lowest BCUT2D eigenvalue weighted by atomic mass is 10.0.